The molecule has 0 saturated heterocycles. The maximum Gasteiger partial charge on any atom is 0.271 e. The first-order valence-corrected chi connectivity index (χ1v) is 9.58. The van der Waals surface area contributed by atoms with Crippen LogP contribution in [0.5, 0.6) is 5.75 Å². The van der Waals surface area contributed by atoms with Gasteiger partial charge in [-0.3, -0.25) is 9.48 Å². The zero-order valence-corrected chi connectivity index (χ0v) is 17.2. The quantitative estimate of drug-likeness (QED) is 0.560. The first-order chi connectivity index (χ1) is 13.4. The summed E-state index contributed by atoms with van der Waals surface area (Å²) in [6.07, 6.45) is 4.20. The average molecular weight is 422 g/mol. The third-order valence-corrected chi connectivity index (χ3v) is 4.73. The molecule has 0 aliphatic rings. The number of ether oxygens (including phenoxy) is 1. The van der Waals surface area contributed by atoms with E-state index in [9.17, 15) is 4.79 Å². The molecule has 1 aromatic carbocycles. The van der Waals surface area contributed by atoms with Crippen LogP contribution in [0.3, 0.4) is 0 Å². The van der Waals surface area contributed by atoms with Crippen LogP contribution in [0.1, 0.15) is 28.2 Å². The molecule has 0 aliphatic carbocycles. The fourth-order valence-electron chi connectivity index (χ4n) is 2.55. The van der Waals surface area contributed by atoms with E-state index in [2.05, 4.69) is 15.5 Å². The first-order valence-electron chi connectivity index (χ1n) is 8.82. The molecule has 2 heterocycles. The Morgan fingerprint density at radius 3 is 2.71 bits per heavy atom. The Bertz CT molecular complexity index is 948. The molecule has 0 atom stereocenters. The minimum absolute atomic E-state index is 0.163. The summed E-state index contributed by atoms with van der Waals surface area (Å²) in [5.74, 6) is 0.346. The molecule has 3 rings (SSSR count). The van der Waals surface area contributed by atoms with Crippen LogP contribution in [0.2, 0.25) is 10.0 Å². The van der Waals surface area contributed by atoms with E-state index in [0.717, 1.165) is 17.7 Å². The van der Waals surface area contributed by atoms with E-state index in [1.807, 2.05) is 26.0 Å². The molecule has 0 spiro atoms. The summed E-state index contributed by atoms with van der Waals surface area (Å²) >= 11 is 12.1. The third kappa shape index (κ3) is 5.27. The smallest absolute Gasteiger partial charge is 0.271 e. The maximum atomic E-state index is 12.2. The molecule has 0 bridgehead atoms. The lowest BCUT2D eigenvalue weighted by Crippen LogP contribution is -2.26. The average Bonchev–Trinajstić information content (AvgIpc) is 3.26. The predicted molar refractivity (Wildman–Crippen MR) is 108 cm³/mol. The first kappa shape index (κ1) is 20.2. The van der Waals surface area contributed by atoms with Gasteiger partial charge in [-0.2, -0.15) is 10.2 Å². The van der Waals surface area contributed by atoms with E-state index < -0.39 is 0 Å². The van der Waals surface area contributed by atoms with E-state index in [4.69, 9.17) is 27.9 Å². The normalized spacial score (nSPS) is 10.9. The SMILES string of the molecule is Cc1ccc(Cl)c(OCn2ccc(C(=O)NCCCn3cc(Cl)c(C)n3)n2)c1. The fourth-order valence-corrected chi connectivity index (χ4v) is 2.88. The van der Waals surface area contributed by atoms with Crippen molar-refractivity contribution < 1.29 is 9.53 Å². The van der Waals surface area contributed by atoms with Crippen molar-refractivity contribution in [1.29, 1.82) is 0 Å². The van der Waals surface area contributed by atoms with Crippen LogP contribution < -0.4 is 10.1 Å². The molecule has 0 aliphatic heterocycles. The summed E-state index contributed by atoms with van der Waals surface area (Å²) in [6, 6.07) is 7.20. The molecule has 9 heteroatoms. The van der Waals surface area contributed by atoms with Gasteiger partial charge >= 0.3 is 0 Å². The highest BCUT2D eigenvalue weighted by molar-refractivity contribution is 6.32. The lowest BCUT2D eigenvalue weighted by molar-refractivity contribution is 0.0945. The van der Waals surface area contributed by atoms with Crippen LogP contribution in [0.4, 0.5) is 0 Å². The monoisotopic (exact) mass is 421 g/mol. The van der Waals surface area contributed by atoms with Gasteiger partial charge in [0.2, 0.25) is 0 Å². The third-order valence-electron chi connectivity index (χ3n) is 4.05. The number of hydrogen-bond donors (Lipinski definition) is 1. The van der Waals surface area contributed by atoms with Crippen molar-refractivity contribution in [3.05, 3.63) is 63.7 Å². The number of benzene rings is 1. The fraction of sp³-hybridized carbons (Fsp3) is 0.316. The van der Waals surface area contributed by atoms with Crippen LogP contribution in [-0.4, -0.2) is 32.0 Å². The Kier molecular flexibility index (Phi) is 6.59. The van der Waals surface area contributed by atoms with Gasteiger partial charge in [-0.1, -0.05) is 29.3 Å². The molecule has 2 aromatic heterocycles. The minimum Gasteiger partial charge on any atom is -0.470 e. The molecule has 0 fully saturated rings. The Hall–Kier alpha value is -2.51. The zero-order chi connectivity index (χ0) is 20.1. The van der Waals surface area contributed by atoms with Crippen LogP contribution in [0.25, 0.3) is 0 Å². The van der Waals surface area contributed by atoms with Gasteiger partial charge in [-0.25, -0.2) is 4.68 Å². The van der Waals surface area contributed by atoms with Crippen molar-refractivity contribution >= 4 is 29.1 Å². The number of carbonyl (C=O) groups is 1. The molecule has 28 heavy (non-hydrogen) atoms. The lowest BCUT2D eigenvalue weighted by atomic mass is 10.2. The molecule has 0 radical (unpaired) electrons. The summed E-state index contributed by atoms with van der Waals surface area (Å²) in [4.78, 5) is 12.2. The second-order valence-electron chi connectivity index (χ2n) is 6.38. The number of nitrogens with zero attached hydrogens (tertiary/aromatic N) is 4. The van der Waals surface area contributed by atoms with Crippen molar-refractivity contribution in [2.45, 2.75) is 33.5 Å². The van der Waals surface area contributed by atoms with Crippen molar-refractivity contribution in [2.75, 3.05) is 6.54 Å². The number of nitrogens with one attached hydrogen (secondary N) is 1. The van der Waals surface area contributed by atoms with E-state index in [0.29, 0.717) is 34.6 Å². The number of hydrogen-bond acceptors (Lipinski definition) is 4. The Morgan fingerprint density at radius 1 is 1.14 bits per heavy atom. The Balaban J connectivity index is 1.45. The molecule has 148 valence electrons. The largest absolute Gasteiger partial charge is 0.470 e. The Labute approximate surface area is 173 Å². The van der Waals surface area contributed by atoms with Gasteiger partial charge in [0, 0.05) is 25.5 Å². The molecule has 3 aromatic rings. The number of aryl methyl sites for hydroxylation is 3. The van der Waals surface area contributed by atoms with Gasteiger partial charge in [0.05, 0.1) is 15.7 Å². The van der Waals surface area contributed by atoms with E-state index >= 15 is 0 Å². The van der Waals surface area contributed by atoms with Crippen LogP contribution in [0.15, 0.2) is 36.7 Å². The highest BCUT2D eigenvalue weighted by atomic mass is 35.5. The van der Waals surface area contributed by atoms with Crippen LogP contribution >= 0.6 is 23.2 Å². The van der Waals surface area contributed by atoms with Crippen LogP contribution in [0, 0.1) is 13.8 Å². The van der Waals surface area contributed by atoms with Gasteiger partial charge in [0.25, 0.3) is 5.91 Å². The number of aromatic nitrogens is 4. The van der Waals surface area contributed by atoms with Gasteiger partial charge in [0.1, 0.15) is 11.4 Å². The number of amides is 1. The van der Waals surface area contributed by atoms with Crippen LogP contribution in [-0.2, 0) is 13.3 Å². The molecule has 1 amide bonds. The Morgan fingerprint density at radius 2 is 1.96 bits per heavy atom. The molecule has 0 saturated carbocycles. The van der Waals surface area contributed by atoms with E-state index in [1.54, 1.807) is 33.9 Å². The van der Waals surface area contributed by atoms with Crippen molar-refractivity contribution in [3.8, 4) is 5.75 Å². The van der Waals surface area contributed by atoms with Gasteiger partial charge < -0.3 is 10.1 Å². The molecule has 0 unspecified atom stereocenters. The topological polar surface area (TPSA) is 74.0 Å². The summed E-state index contributed by atoms with van der Waals surface area (Å²) in [7, 11) is 0. The summed E-state index contributed by atoms with van der Waals surface area (Å²) in [5, 5.41) is 12.5. The van der Waals surface area contributed by atoms with Crippen molar-refractivity contribution in [1.82, 2.24) is 24.9 Å². The second-order valence-corrected chi connectivity index (χ2v) is 7.20. The second kappa shape index (κ2) is 9.12. The summed E-state index contributed by atoms with van der Waals surface area (Å²) < 4.78 is 8.99. The van der Waals surface area contributed by atoms with Crippen molar-refractivity contribution in [3.63, 3.8) is 0 Å². The minimum atomic E-state index is -0.234. The molecular weight excluding hydrogens is 401 g/mol. The maximum absolute atomic E-state index is 12.2. The molecule has 1 N–H and O–H groups in total. The predicted octanol–water partition coefficient (Wildman–Crippen LogP) is 3.86. The number of halogens is 2. The van der Waals surface area contributed by atoms with Gasteiger partial charge in [-0.05, 0) is 44.0 Å². The van der Waals surface area contributed by atoms with Crippen molar-refractivity contribution in [2.24, 2.45) is 0 Å². The standard InChI is InChI=1S/C19H21Cl2N5O2/c1-13-4-5-15(20)18(10-13)28-12-26-9-6-17(24-26)19(27)22-7-3-8-25-11-16(21)14(2)23-25/h4-6,9-11H,3,7-8,12H2,1-2H3,(H,22,27). The highest BCUT2D eigenvalue weighted by Crippen LogP contribution is 2.25. The molecular formula is C19H21Cl2N5O2. The summed E-state index contributed by atoms with van der Waals surface area (Å²) in [5.41, 5.74) is 2.18. The zero-order valence-electron chi connectivity index (χ0n) is 15.7. The number of rotatable bonds is 8. The summed E-state index contributed by atoms with van der Waals surface area (Å²) in [6.45, 7) is 5.16. The lowest BCUT2D eigenvalue weighted by Gasteiger charge is -2.08. The molecule has 7 nitrogen and oxygen atoms in total. The van der Waals surface area contributed by atoms with E-state index in [1.165, 1.54) is 0 Å². The van der Waals surface area contributed by atoms with Gasteiger partial charge in [-0.15, -0.1) is 0 Å². The van der Waals surface area contributed by atoms with Gasteiger partial charge in [0.15, 0.2) is 6.73 Å². The number of carbonyl (C=O) groups excluding carboxylic acids is 1. The van der Waals surface area contributed by atoms with E-state index in [-0.39, 0.29) is 12.6 Å². The highest BCUT2D eigenvalue weighted by Gasteiger charge is 2.10.